The van der Waals surface area contributed by atoms with Crippen molar-refractivity contribution in [3.05, 3.63) is 47.9 Å². The lowest BCUT2D eigenvalue weighted by molar-refractivity contribution is 0.478. The number of anilines is 2. The molecule has 1 aromatic carbocycles. The van der Waals surface area contributed by atoms with Crippen LogP contribution >= 0.6 is 0 Å². The maximum absolute atomic E-state index is 13.5. The summed E-state index contributed by atoms with van der Waals surface area (Å²) in [6.07, 6.45) is 1.22. The molecule has 2 aromatic rings. The molecular formula is C12H11FN2O3S. The van der Waals surface area contributed by atoms with Crippen molar-refractivity contribution in [3.8, 4) is 0 Å². The molecule has 0 amide bonds. The van der Waals surface area contributed by atoms with Gasteiger partial charge >= 0.3 is 10.1 Å². The first-order valence-corrected chi connectivity index (χ1v) is 6.78. The molecule has 5 nitrogen and oxygen atoms in total. The van der Waals surface area contributed by atoms with Gasteiger partial charge in [-0.2, -0.15) is 8.42 Å². The molecule has 2 N–H and O–H groups in total. The smallest absolute Gasteiger partial charge is 0.312 e. The molecular weight excluding hydrogens is 271 g/mol. The maximum atomic E-state index is 13.5. The van der Waals surface area contributed by atoms with E-state index in [0.717, 1.165) is 0 Å². The molecule has 0 atom stereocenters. The van der Waals surface area contributed by atoms with Crippen molar-refractivity contribution in [2.45, 2.75) is 11.9 Å². The number of nitrogens with zero attached hydrogens (tertiary/aromatic N) is 1. The molecule has 0 aliphatic carbocycles. The fourth-order valence-corrected chi connectivity index (χ4v) is 2.31. The van der Waals surface area contributed by atoms with Crippen LogP contribution in [-0.4, -0.2) is 18.0 Å². The van der Waals surface area contributed by atoms with Crippen LogP contribution < -0.4 is 5.32 Å². The second kappa shape index (κ2) is 4.94. The van der Waals surface area contributed by atoms with E-state index in [4.69, 9.17) is 4.55 Å². The van der Waals surface area contributed by atoms with Gasteiger partial charge < -0.3 is 5.32 Å². The van der Waals surface area contributed by atoms with E-state index in [0.29, 0.717) is 5.69 Å². The lowest BCUT2D eigenvalue weighted by Gasteiger charge is -2.11. The van der Waals surface area contributed by atoms with Crippen molar-refractivity contribution in [1.82, 2.24) is 4.98 Å². The Morgan fingerprint density at radius 1 is 1.21 bits per heavy atom. The molecule has 0 spiro atoms. The quantitative estimate of drug-likeness (QED) is 0.846. The van der Waals surface area contributed by atoms with Crippen molar-refractivity contribution in [3.63, 3.8) is 0 Å². The number of pyridine rings is 1. The first kappa shape index (κ1) is 13.4. The zero-order valence-corrected chi connectivity index (χ0v) is 10.8. The van der Waals surface area contributed by atoms with Crippen LogP contribution in [0.3, 0.4) is 0 Å². The normalized spacial score (nSPS) is 11.3. The Labute approximate surface area is 109 Å². The second-order valence-corrected chi connectivity index (χ2v) is 5.21. The first-order chi connectivity index (χ1) is 8.89. The Morgan fingerprint density at radius 2 is 1.89 bits per heavy atom. The maximum Gasteiger partial charge on any atom is 0.312 e. The van der Waals surface area contributed by atoms with Crippen LogP contribution in [0.2, 0.25) is 0 Å². The zero-order valence-electron chi connectivity index (χ0n) is 9.96. The average Bonchev–Trinajstić information content (AvgIpc) is 2.33. The van der Waals surface area contributed by atoms with Crippen LogP contribution in [0, 0.1) is 12.7 Å². The molecule has 100 valence electrons. The van der Waals surface area contributed by atoms with E-state index in [1.165, 1.54) is 31.3 Å². The Morgan fingerprint density at radius 3 is 2.53 bits per heavy atom. The number of rotatable bonds is 3. The first-order valence-electron chi connectivity index (χ1n) is 5.34. The van der Waals surface area contributed by atoms with E-state index in [1.807, 2.05) is 0 Å². The van der Waals surface area contributed by atoms with Gasteiger partial charge in [-0.3, -0.25) is 4.55 Å². The standard InChI is InChI=1S/C12H11FN2O3S/c1-8-10(6-7-14-12(8)19(16,17)18)15-11-5-3-2-4-9(11)13/h2-7H,1H3,(H,14,15)(H,16,17,18). The molecule has 2 rings (SSSR count). The molecule has 0 fully saturated rings. The summed E-state index contributed by atoms with van der Waals surface area (Å²) in [6, 6.07) is 7.48. The summed E-state index contributed by atoms with van der Waals surface area (Å²) in [5.74, 6) is -0.466. The van der Waals surface area contributed by atoms with Gasteiger partial charge in [-0.1, -0.05) is 12.1 Å². The minimum Gasteiger partial charge on any atom is -0.353 e. The van der Waals surface area contributed by atoms with Crippen LogP contribution in [0.4, 0.5) is 15.8 Å². The Kier molecular flexibility index (Phi) is 3.50. The SMILES string of the molecule is Cc1c(Nc2ccccc2F)ccnc1S(=O)(=O)O. The predicted molar refractivity (Wildman–Crippen MR) is 68.5 cm³/mol. The van der Waals surface area contributed by atoms with Crippen molar-refractivity contribution >= 4 is 21.5 Å². The molecule has 1 heterocycles. The number of benzene rings is 1. The number of halogens is 1. The van der Waals surface area contributed by atoms with Gasteiger partial charge in [-0.15, -0.1) is 0 Å². The molecule has 0 unspecified atom stereocenters. The summed E-state index contributed by atoms with van der Waals surface area (Å²) >= 11 is 0. The van der Waals surface area contributed by atoms with Gasteiger partial charge in [-0.25, -0.2) is 9.37 Å². The van der Waals surface area contributed by atoms with Crippen LogP contribution in [0.5, 0.6) is 0 Å². The van der Waals surface area contributed by atoms with Crippen LogP contribution in [0.25, 0.3) is 0 Å². The lowest BCUT2D eigenvalue weighted by Crippen LogP contribution is -2.06. The summed E-state index contributed by atoms with van der Waals surface area (Å²) < 4.78 is 44.8. The van der Waals surface area contributed by atoms with E-state index in [-0.39, 0.29) is 11.3 Å². The fourth-order valence-electron chi connectivity index (χ4n) is 1.62. The summed E-state index contributed by atoms with van der Waals surface area (Å²) in [5.41, 5.74) is 0.777. The molecule has 0 saturated carbocycles. The summed E-state index contributed by atoms with van der Waals surface area (Å²) in [7, 11) is -4.40. The molecule has 0 bridgehead atoms. The zero-order chi connectivity index (χ0) is 14.0. The Balaban J connectivity index is 2.46. The molecule has 7 heteroatoms. The van der Waals surface area contributed by atoms with Crippen LogP contribution in [0.1, 0.15) is 5.56 Å². The minimum absolute atomic E-state index is 0.207. The molecule has 1 aromatic heterocycles. The van der Waals surface area contributed by atoms with Crippen molar-refractivity contribution in [2.75, 3.05) is 5.32 Å². The highest BCUT2D eigenvalue weighted by Crippen LogP contribution is 2.25. The lowest BCUT2D eigenvalue weighted by atomic mass is 10.2. The third kappa shape index (κ3) is 2.88. The highest BCUT2D eigenvalue weighted by atomic mass is 32.2. The van der Waals surface area contributed by atoms with Gasteiger partial charge in [-0.05, 0) is 25.1 Å². The van der Waals surface area contributed by atoms with Gasteiger partial charge in [0.1, 0.15) is 5.82 Å². The van der Waals surface area contributed by atoms with E-state index >= 15 is 0 Å². The number of aromatic nitrogens is 1. The highest BCUT2D eigenvalue weighted by molar-refractivity contribution is 7.85. The van der Waals surface area contributed by atoms with Crippen LogP contribution in [0.15, 0.2) is 41.6 Å². The van der Waals surface area contributed by atoms with E-state index < -0.39 is 21.0 Å². The Hall–Kier alpha value is -1.99. The van der Waals surface area contributed by atoms with Gasteiger partial charge in [0.05, 0.1) is 5.69 Å². The number of hydrogen-bond donors (Lipinski definition) is 2. The Bertz CT molecular complexity index is 717. The molecule has 0 aliphatic rings. The van der Waals surface area contributed by atoms with Gasteiger partial charge in [0.15, 0.2) is 5.03 Å². The monoisotopic (exact) mass is 282 g/mol. The molecule has 0 aliphatic heterocycles. The number of para-hydroxylation sites is 1. The predicted octanol–water partition coefficient (Wildman–Crippen LogP) is 2.52. The molecule has 19 heavy (non-hydrogen) atoms. The topological polar surface area (TPSA) is 79.3 Å². The second-order valence-electron chi connectivity index (χ2n) is 3.87. The fraction of sp³-hybridized carbons (Fsp3) is 0.0833. The van der Waals surface area contributed by atoms with Crippen molar-refractivity contribution in [2.24, 2.45) is 0 Å². The number of nitrogens with one attached hydrogen (secondary N) is 1. The average molecular weight is 282 g/mol. The highest BCUT2D eigenvalue weighted by Gasteiger charge is 2.17. The molecule has 0 saturated heterocycles. The van der Waals surface area contributed by atoms with Crippen molar-refractivity contribution < 1.29 is 17.4 Å². The molecule has 0 radical (unpaired) electrons. The van der Waals surface area contributed by atoms with Gasteiger partial charge in [0, 0.05) is 17.4 Å². The van der Waals surface area contributed by atoms with Crippen molar-refractivity contribution in [1.29, 1.82) is 0 Å². The summed E-state index contributed by atoms with van der Waals surface area (Å²) in [4.78, 5) is 3.60. The largest absolute Gasteiger partial charge is 0.353 e. The number of hydrogen-bond acceptors (Lipinski definition) is 4. The van der Waals surface area contributed by atoms with E-state index in [1.54, 1.807) is 12.1 Å². The van der Waals surface area contributed by atoms with Gasteiger partial charge in [0.2, 0.25) is 0 Å². The van der Waals surface area contributed by atoms with E-state index in [2.05, 4.69) is 10.3 Å². The minimum atomic E-state index is -4.40. The third-order valence-electron chi connectivity index (χ3n) is 2.55. The van der Waals surface area contributed by atoms with Crippen LogP contribution in [-0.2, 0) is 10.1 Å². The van der Waals surface area contributed by atoms with Gasteiger partial charge in [0.25, 0.3) is 0 Å². The third-order valence-corrected chi connectivity index (χ3v) is 3.45. The van der Waals surface area contributed by atoms with E-state index in [9.17, 15) is 12.8 Å². The summed E-state index contributed by atoms with van der Waals surface area (Å²) in [6.45, 7) is 1.47. The summed E-state index contributed by atoms with van der Waals surface area (Å²) in [5, 5.41) is 2.31.